The van der Waals surface area contributed by atoms with Gasteiger partial charge in [-0.25, -0.2) is 4.79 Å². The monoisotopic (exact) mass is 143 g/mol. The molecule has 1 rings (SSSR count). The highest BCUT2D eigenvalue weighted by Crippen LogP contribution is 2.27. The summed E-state index contributed by atoms with van der Waals surface area (Å²) in [4.78, 5) is 21.8. The molecular formula is C6H9NO3. The summed E-state index contributed by atoms with van der Waals surface area (Å²) in [6.07, 6.45) is 0.314. The van der Waals surface area contributed by atoms with E-state index in [4.69, 9.17) is 5.11 Å². The van der Waals surface area contributed by atoms with Crippen LogP contribution in [-0.4, -0.2) is 34.5 Å². The first kappa shape index (κ1) is 7.05. The molecule has 1 saturated heterocycles. The second kappa shape index (κ2) is 1.97. The number of hydrogen-bond acceptors (Lipinski definition) is 2. The summed E-state index contributed by atoms with van der Waals surface area (Å²) in [5.74, 6) is 0. The van der Waals surface area contributed by atoms with Gasteiger partial charge in [-0.15, -0.1) is 0 Å². The van der Waals surface area contributed by atoms with Gasteiger partial charge in [0.1, 0.15) is 11.8 Å². The van der Waals surface area contributed by atoms with Crippen molar-refractivity contribution in [1.29, 1.82) is 0 Å². The molecule has 1 fully saturated rings. The van der Waals surface area contributed by atoms with Crippen LogP contribution in [0.15, 0.2) is 0 Å². The molecule has 4 nitrogen and oxygen atoms in total. The zero-order valence-corrected chi connectivity index (χ0v) is 5.70. The molecule has 10 heavy (non-hydrogen) atoms. The van der Waals surface area contributed by atoms with Crippen molar-refractivity contribution in [3.05, 3.63) is 0 Å². The topological polar surface area (TPSA) is 57.6 Å². The van der Waals surface area contributed by atoms with Crippen molar-refractivity contribution in [2.75, 3.05) is 6.54 Å². The zero-order valence-electron chi connectivity index (χ0n) is 5.70. The van der Waals surface area contributed by atoms with Crippen molar-refractivity contribution in [3.63, 3.8) is 0 Å². The summed E-state index contributed by atoms with van der Waals surface area (Å²) < 4.78 is 0. The first-order valence-corrected chi connectivity index (χ1v) is 3.07. The Balaban J connectivity index is 2.66. The maximum atomic E-state index is 10.3. The number of rotatable bonds is 1. The highest BCUT2D eigenvalue weighted by atomic mass is 16.4. The van der Waals surface area contributed by atoms with E-state index in [9.17, 15) is 9.59 Å². The number of nitrogens with zero attached hydrogens (tertiary/aromatic N) is 1. The summed E-state index contributed by atoms with van der Waals surface area (Å²) >= 11 is 0. The van der Waals surface area contributed by atoms with E-state index in [1.54, 1.807) is 6.92 Å². The molecule has 1 amide bonds. The Morgan fingerprint density at radius 3 is 2.50 bits per heavy atom. The molecule has 1 unspecified atom stereocenters. The molecule has 0 aromatic heterocycles. The molecule has 0 bridgehead atoms. The van der Waals surface area contributed by atoms with Gasteiger partial charge in [-0.2, -0.15) is 0 Å². The fourth-order valence-corrected chi connectivity index (χ4v) is 1.01. The van der Waals surface area contributed by atoms with Gasteiger partial charge in [-0.3, -0.25) is 4.90 Å². The quantitative estimate of drug-likeness (QED) is 0.538. The Hall–Kier alpha value is -1.06. The van der Waals surface area contributed by atoms with Crippen molar-refractivity contribution in [2.24, 2.45) is 0 Å². The average Bonchev–Trinajstić information content (AvgIpc) is 1.83. The minimum atomic E-state index is -1.01. The number of hydrogen-bond donors (Lipinski definition) is 1. The highest BCUT2D eigenvalue weighted by molar-refractivity contribution is 5.77. The van der Waals surface area contributed by atoms with Crippen molar-refractivity contribution in [3.8, 4) is 0 Å². The van der Waals surface area contributed by atoms with Crippen LogP contribution in [0.1, 0.15) is 13.3 Å². The fraction of sp³-hybridized carbons (Fsp3) is 0.667. The highest BCUT2D eigenvalue weighted by Gasteiger charge is 2.43. The first-order chi connectivity index (χ1) is 4.60. The standard InChI is InChI=1S/C6H9NO3/c1-6(4-8)2-3-7(6)5(9)10/h4H,2-3H2,1H3,(H,9,10). The van der Waals surface area contributed by atoms with Crippen LogP contribution >= 0.6 is 0 Å². The summed E-state index contributed by atoms with van der Waals surface area (Å²) in [6.45, 7) is 2.10. The summed E-state index contributed by atoms with van der Waals surface area (Å²) in [7, 11) is 0. The first-order valence-electron chi connectivity index (χ1n) is 3.07. The number of carbonyl (C=O) groups excluding carboxylic acids is 1. The molecule has 56 valence electrons. The minimum absolute atomic E-state index is 0.477. The molecule has 0 saturated carbocycles. The van der Waals surface area contributed by atoms with E-state index in [-0.39, 0.29) is 0 Å². The van der Waals surface area contributed by atoms with Gasteiger partial charge in [-0.1, -0.05) is 0 Å². The Labute approximate surface area is 58.4 Å². The van der Waals surface area contributed by atoms with Gasteiger partial charge < -0.3 is 9.90 Å². The number of carboxylic acid groups (broad SMARTS) is 1. The molecule has 1 atom stereocenters. The van der Waals surface area contributed by atoms with E-state index in [1.807, 2.05) is 0 Å². The molecule has 1 N–H and O–H groups in total. The minimum Gasteiger partial charge on any atom is -0.465 e. The van der Waals surface area contributed by atoms with Crippen molar-refractivity contribution >= 4 is 12.4 Å². The van der Waals surface area contributed by atoms with Crippen LogP contribution in [0.4, 0.5) is 4.79 Å². The van der Waals surface area contributed by atoms with E-state index in [0.29, 0.717) is 19.3 Å². The normalized spacial score (nSPS) is 31.1. The van der Waals surface area contributed by atoms with Crippen LogP contribution in [0, 0.1) is 0 Å². The smallest absolute Gasteiger partial charge is 0.408 e. The lowest BCUT2D eigenvalue weighted by Gasteiger charge is -2.44. The Morgan fingerprint density at radius 2 is 2.40 bits per heavy atom. The molecule has 0 aromatic rings. The molecule has 1 heterocycles. The van der Waals surface area contributed by atoms with Crippen LogP contribution in [-0.2, 0) is 4.79 Å². The second-order valence-electron chi connectivity index (χ2n) is 2.66. The molecule has 0 radical (unpaired) electrons. The van der Waals surface area contributed by atoms with Crippen LogP contribution in [0.3, 0.4) is 0 Å². The number of carbonyl (C=O) groups is 2. The van der Waals surface area contributed by atoms with Gasteiger partial charge in [0.05, 0.1) is 0 Å². The lowest BCUT2D eigenvalue weighted by atomic mass is 9.89. The van der Waals surface area contributed by atoms with Crippen LogP contribution in [0.25, 0.3) is 0 Å². The van der Waals surface area contributed by atoms with Crippen LogP contribution in [0.2, 0.25) is 0 Å². The summed E-state index contributed by atoms with van der Waals surface area (Å²) in [5, 5.41) is 8.47. The van der Waals surface area contributed by atoms with Gasteiger partial charge in [0.25, 0.3) is 0 Å². The molecule has 1 aliphatic rings. The predicted molar refractivity (Wildman–Crippen MR) is 33.8 cm³/mol. The Morgan fingerprint density at radius 1 is 1.80 bits per heavy atom. The van der Waals surface area contributed by atoms with Crippen molar-refractivity contribution < 1.29 is 14.7 Å². The van der Waals surface area contributed by atoms with Gasteiger partial charge in [0, 0.05) is 6.54 Å². The van der Waals surface area contributed by atoms with Crippen molar-refractivity contribution in [1.82, 2.24) is 4.90 Å². The lowest BCUT2D eigenvalue weighted by Crippen LogP contribution is -2.60. The largest absolute Gasteiger partial charge is 0.465 e. The Kier molecular flexibility index (Phi) is 1.39. The van der Waals surface area contributed by atoms with Gasteiger partial charge in [0.15, 0.2) is 0 Å². The van der Waals surface area contributed by atoms with Crippen LogP contribution < -0.4 is 0 Å². The SMILES string of the molecule is CC1(C=O)CCN1C(=O)O. The predicted octanol–water partition coefficient (Wildman–Crippen LogP) is 0.328. The van der Waals surface area contributed by atoms with Gasteiger partial charge >= 0.3 is 6.09 Å². The average molecular weight is 143 g/mol. The number of amides is 1. The van der Waals surface area contributed by atoms with E-state index in [0.717, 1.165) is 4.90 Å². The van der Waals surface area contributed by atoms with Gasteiger partial charge in [0.2, 0.25) is 0 Å². The van der Waals surface area contributed by atoms with Crippen LogP contribution in [0.5, 0.6) is 0 Å². The lowest BCUT2D eigenvalue weighted by molar-refractivity contribution is -0.122. The molecule has 0 aromatic carbocycles. The fourth-order valence-electron chi connectivity index (χ4n) is 1.01. The summed E-state index contributed by atoms with van der Waals surface area (Å²) in [6, 6.07) is 0. The van der Waals surface area contributed by atoms with E-state index < -0.39 is 11.6 Å². The number of aldehydes is 1. The third-order valence-corrected chi connectivity index (χ3v) is 1.94. The van der Waals surface area contributed by atoms with E-state index >= 15 is 0 Å². The maximum Gasteiger partial charge on any atom is 0.408 e. The molecule has 4 heteroatoms. The van der Waals surface area contributed by atoms with E-state index in [1.165, 1.54) is 0 Å². The van der Waals surface area contributed by atoms with Crippen molar-refractivity contribution in [2.45, 2.75) is 18.9 Å². The third-order valence-electron chi connectivity index (χ3n) is 1.94. The van der Waals surface area contributed by atoms with E-state index in [2.05, 4.69) is 0 Å². The Bertz CT molecular complexity index is 180. The summed E-state index contributed by atoms with van der Waals surface area (Å²) in [5.41, 5.74) is -0.744. The number of likely N-dealkylation sites (tertiary alicyclic amines) is 1. The van der Waals surface area contributed by atoms with Gasteiger partial charge in [-0.05, 0) is 13.3 Å². The zero-order chi connectivity index (χ0) is 7.78. The maximum absolute atomic E-state index is 10.3. The molecule has 0 spiro atoms. The second-order valence-corrected chi connectivity index (χ2v) is 2.66. The molecular weight excluding hydrogens is 134 g/mol. The molecule has 0 aliphatic carbocycles. The third kappa shape index (κ3) is 0.761. The molecule has 1 aliphatic heterocycles.